The summed E-state index contributed by atoms with van der Waals surface area (Å²) >= 11 is 0. The van der Waals surface area contributed by atoms with Gasteiger partial charge in [-0.25, -0.2) is 8.78 Å². The molecular weight excluding hydrogens is 276 g/mol. The monoisotopic (exact) mass is 291 g/mol. The molecule has 1 N–H and O–H groups in total. The minimum Gasteiger partial charge on any atom is -0.395 e. The summed E-state index contributed by atoms with van der Waals surface area (Å²) in [7, 11) is 0. The van der Waals surface area contributed by atoms with E-state index >= 15 is 0 Å². The maximum absolute atomic E-state index is 13.7. The fourth-order valence-electron chi connectivity index (χ4n) is 2.01. The van der Waals surface area contributed by atoms with Crippen molar-refractivity contribution in [2.24, 2.45) is 0 Å². The second kappa shape index (κ2) is 6.95. The van der Waals surface area contributed by atoms with Crippen molar-refractivity contribution in [3.8, 4) is 0 Å². The van der Waals surface area contributed by atoms with Crippen LogP contribution in [0.2, 0.25) is 0 Å². The highest BCUT2D eigenvalue weighted by Crippen LogP contribution is 2.14. The van der Waals surface area contributed by atoms with Gasteiger partial charge < -0.3 is 10.0 Å². The Labute approximate surface area is 121 Å². The molecule has 0 saturated heterocycles. The van der Waals surface area contributed by atoms with Crippen molar-refractivity contribution in [3.63, 3.8) is 0 Å². The van der Waals surface area contributed by atoms with E-state index in [1.165, 1.54) is 4.90 Å². The summed E-state index contributed by atoms with van der Waals surface area (Å²) in [5.74, 6) is -2.11. The fourth-order valence-corrected chi connectivity index (χ4v) is 2.01. The van der Waals surface area contributed by atoms with Gasteiger partial charge in [-0.15, -0.1) is 0 Å². The Kier molecular flexibility index (Phi) is 5.00. The third-order valence-electron chi connectivity index (χ3n) is 3.03. The highest BCUT2D eigenvalue weighted by molar-refractivity contribution is 5.94. The van der Waals surface area contributed by atoms with Gasteiger partial charge in [-0.3, -0.25) is 4.79 Å². The number of aliphatic hydroxyl groups is 1. The minimum absolute atomic E-state index is 0.0453. The molecule has 0 aliphatic rings. The zero-order valence-corrected chi connectivity index (χ0v) is 11.3. The van der Waals surface area contributed by atoms with E-state index in [9.17, 15) is 13.6 Å². The van der Waals surface area contributed by atoms with Crippen LogP contribution in [0.1, 0.15) is 15.9 Å². The SMILES string of the molecule is O=C(c1cc(F)ccc1F)N(CCO)Cc1ccccc1. The quantitative estimate of drug-likeness (QED) is 0.920. The smallest absolute Gasteiger partial charge is 0.257 e. The lowest BCUT2D eigenvalue weighted by Gasteiger charge is -2.22. The molecule has 2 aromatic carbocycles. The lowest BCUT2D eigenvalue weighted by Crippen LogP contribution is -2.33. The van der Waals surface area contributed by atoms with Crippen molar-refractivity contribution in [3.05, 3.63) is 71.3 Å². The first-order valence-corrected chi connectivity index (χ1v) is 6.51. The van der Waals surface area contributed by atoms with E-state index in [4.69, 9.17) is 5.11 Å². The number of carbonyl (C=O) groups excluding carboxylic acids is 1. The Hall–Kier alpha value is -2.27. The maximum atomic E-state index is 13.7. The molecule has 0 bridgehead atoms. The number of benzene rings is 2. The summed E-state index contributed by atoms with van der Waals surface area (Å²) in [4.78, 5) is 13.6. The topological polar surface area (TPSA) is 40.5 Å². The Morgan fingerprint density at radius 3 is 2.48 bits per heavy atom. The van der Waals surface area contributed by atoms with Crippen LogP contribution in [0.15, 0.2) is 48.5 Å². The summed E-state index contributed by atoms with van der Waals surface area (Å²) < 4.78 is 26.9. The number of hydrogen-bond donors (Lipinski definition) is 1. The van der Waals surface area contributed by atoms with Crippen LogP contribution in [-0.2, 0) is 6.54 Å². The molecule has 2 rings (SSSR count). The number of carbonyl (C=O) groups is 1. The van der Waals surface area contributed by atoms with Crippen LogP contribution < -0.4 is 0 Å². The third-order valence-corrected chi connectivity index (χ3v) is 3.03. The third kappa shape index (κ3) is 3.86. The second-order valence-corrected chi connectivity index (χ2v) is 4.56. The Morgan fingerprint density at radius 2 is 1.81 bits per heavy atom. The van der Waals surface area contributed by atoms with Crippen molar-refractivity contribution in [1.82, 2.24) is 4.90 Å². The van der Waals surface area contributed by atoms with Gasteiger partial charge in [0.2, 0.25) is 0 Å². The molecule has 3 nitrogen and oxygen atoms in total. The lowest BCUT2D eigenvalue weighted by atomic mass is 10.1. The molecule has 0 fully saturated rings. The van der Waals surface area contributed by atoms with Crippen molar-refractivity contribution in [1.29, 1.82) is 0 Å². The predicted octanol–water partition coefficient (Wildman–Crippen LogP) is 2.60. The average Bonchev–Trinajstić information content (AvgIpc) is 2.49. The highest BCUT2D eigenvalue weighted by atomic mass is 19.1. The van der Waals surface area contributed by atoms with Gasteiger partial charge >= 0.3 is 0 Å². The zero-order valence-electron chi connectivity index (χ0n) is 11.3. The van der Waals surface area contributed by atoms with E-state index in [1.807, 2.05) is 30.3 Å². The standard InChI is InChI=1S/C16H15F2NO2/c17-13-6-7-15(18)14(10-13)16(21)19(8-9-20)11-12-4-2-1-3-5-12/h1-7,10,20H,8-9,11H2. The van der Waals surface area contributed by atoms with Gasteiger partial charge in [-0.05, 0) is 23.8 Å². The Morgan fingerprint density at radius 1 is 1.10 bits per heavy atom. The molecule has 2 aromatic rings. The molecule has 21 heavy (non-hydrogen) atoms. The van der Waals surface area contributed by atoms with E-state index in [1.54, 1.807) is 0 Å². The average molecular weight is 291 g/mol. The maximum Gasteiger partial charge on any atom is 0.257 e. The number of amides is 1. The first-order valence-electron chi connectivity index (χ1n) is 6.51. The van der Waals surface area contributed by atoms with Crippen LogP contribution in [0, 0.1) is 11.6 Å². The second-order valence-electron chi connectivity index (χ2n) is 4.56. The minimum atomic E-state index is -0.780. The summed E-state index contributed by atoms with van der Waals surface area (Å²) in [6.07, 6.45) is 0. The molecule has 0 radical (unpaired) electrons. The molecule has 1 amide bonds. The van der Waals surface area contributed by atoms with E-state index in [-0.39, 0.29) is 25.3 Å². The van der Waals surface area contributed by atoms with Crippen LogP contribution in [0.4, 0.5) is 8.78 Å². The number of nitrogens with zero attached hydrogens (tertiary/aromatic N) is 1. The zero-order chi connectivity index (χ0) is 15.2. The summed E-state index contributed by atoms with van der Waals surface area (Å²) in [6.45, 7) is 0.00930. The van der Waals surface area contributed by atoms with Gasteiger partial charge in [0.15, 0.2) is 0 Å². The summed E-state index contributed by atoms with van der Waals surface area (Å²) in [5.41, 5.74) is 0.510. The van der Waals surface area contributed by atoms with Crippen LogP contribution in [-0.4, -0.2) is 29.1 Å². The van der Waals surface area contributed by atoms with Crippen molar-refractivity contribution < 1.29 is 18.7 Å². The molecule has 0 heterocycles. The molecule has 0 aliphatic heterocycles. The Balaban J connectivity index is 2.25. The van der Waals surface area contributed by atoms with Gasteiger partial charge in [0.05, 0.1) is 12.2 Å². The number of halogens is 2. The molecule has 0 saturated carbocycles. The van der Waals surface area contributed by atoms with Crippen LogP contribution >= 0.6 is 0 Å². The van der Waals surface area contributed by atoms with E-state index in [0.717, 1.165) is 23.8 Å². The van der Waals surface area contributed by atoms with Gasteiger partial charge in [-0.2, -0.15) is 0 Å². The molecular formula is C16H15F2NO2. The van der Waals surface area contributed by atoms with E-state index in [0.29, 0.717) is 0 Å². The van der Waals surface area contributed by atoms with Crippen molar-refractivity contribution in [2.45, 2.75) is 6.54 Å². The van der Waals surface area contributed by atoms with Gasteiger partial charge in [0, 0.05) is 13.1 Å². The van der Waals surface area contributed by atoms with E-state index < -0.39 is 17.5 Å². The van der Waals surface area contributed by atoms with Crippen molar-refractivity contribution >= 4 is 5.91 Å². The number of aliphatic hydroxyl groups excluding tert-OH is 1. The summed E-state index contributed by atoms with van der Waals surface area (Å²) in [6, 6.07) is 11.9. The number of rotatable bonds is 5. The first-order chi connectivity index (χ1) is 10.1. The fraction of sp³-hybridized carbons (Fsp3) is 0.188. The highest BCUT2D eigenvalue weighted by Gasteiger charge is 2.19. The molecule has 5 heteroatoms. The van der Waals surface area contributed by atoms with Crippen LogP contribution in [0.3, 0.4) is 0 Å². The lowest BCUT2D eigenvalue weighted by molar-refractivity contribution is 0.0702. The van der Waals surface area contributed by atoms with E-state index in [2.05, 4.69) is 0 Å². The van der Waals surface area contributed by atoms with Crippen molar-refractivity contribution in [2.75, 3.05) is 13.2 Å². The predicted molar refractivity (Wildman–Crippen MR) is 74.6 cm³/mol. The van der Waals surface area contributed by atoms with Crippen LogP contribution in [0.5, 0.6) is 0 Å². The molecule has 0 aliphatic carbocycles. The van der Waals surface area contributed by atoms with Gasteiger partial charge in [0.25, 0.3) is 5.91 Å². The Bertz CT molecular complexity index is 617. The molecule has 110 valence electrons. The van der Waals surface area contributed by atoms with Gasteiger partial charge in [0.1, 0.15) is 11.6 Å². The first kappa shape index (κ1) is 15.1. The molecule has 0 atom stereocenters. The summed E-state index contributed by atoms with van der Waals surface area (Å²) in [5, 5.41) is 9.07. The molecule has 0 unspecified atom stereocenters. The molecule has 0 spiro atoms. The largest absolute Gasteiger partial charge is 0.395 e. The molecule has 0 aromatic heterocycles. The van der Waals surface area contributed by atoms with Crippen LogP contribution in [0.25, 0.3) is 0 Å². The number of hydrogen-bond acceptors (Lipinski definition) is 2. The normalized spacial score (nSPS) is 10.4. The van der Waals surface area contributed by atoms with Gasteiger partial charge in [-0.1, -0.05) is 30.3 Å².